The van der Waals surface area contributed by atoms with E-state index in [1.54, 1.807) is 0 Å². The molecule has 98 valence electrons. The van der Waals surface area contributed by atoms with Gasteiger partial charge in [0.05, 0.1) is 19.6 Å². The van der Waals surface area contributed by atoms with E-state index in [0.717, 1.165) is 17.9 Å². The molecule has 0 saturated carbocycles. The molecule has 1 aromatic rings. The monoisotopic (exact) mass is 249 g/mol. The molecule has 4 nitrogen and oxygen atoms in total. The fourth-order valence-electron chi connectivity index (χ4n) is 2.43. The van der Waals surface area contributed by atoms with E-state index in [0.29, 0.717) is 13.2 Å². The molecule has 18 heavy (non-hydrogen) atoms. The predicted molar refractivity (Wildman–Crippen MR) is 68.7 cm³/mol. The molecule has 0 bridgehead atoms. The number of carbonyl (C=O) groups is 1. The van der Waals surface area contributed by atoms with Gasteiger partial charge in [0.2, 0.25) is 0 Å². The van der Waals surface area contributed by atoms with Gasteiger partial charge in [-0.15, -0.1) is 0 Å². The van der Waals surface area contributed by atoms with Gasteiger partial charge in [0.1, 0.15) is 5.75 Å². The van der Waals surface area contributed by atoms with Gasteiger partial charge in [-0.25, -0.2) is 0 Å². The molecule has 0 unspecified atom stereocenters. The van der Waals surface area contributed by atoms with Crippen molar-refractivity contribution in [2.45, 2.75) is 12.8 Å². The summed E-state index contributed by atoms with van der Waals surface area (Å²) in [5.74, 6) is 0.766. The first-order valence-electron chi connectivity index (χ1n) is 6.27. The Balaban J connectivity index is 2.19. The van der Waals surface area contributed by atoms with Gasteiger partial charge in [-0.1, -0.05) is 12.1 Å². The Labute approximate surface area is 107 Å². The topological polar surface area (TPSA) is 47.6 Å². The van der Waals surface area contributed by atoms with Crippen LogP contribution in [0.5, 0.6) is 5.75 Å². The van der Waals surface area contributed by atoms with Crippen molar-refractivity contribution in [3.05, 3.63) is 29.8 Å². The number of benzene rings is 1. The van der Waals surface area contributed by atoms with Gasteiger partial charge in [0, 0.05) is 19.0 Å². The lowest BCUT2D eigenvalue weighted by molar-refractivity contribution is -0.145. The normalized spacial score (nSPS) is 22.8. The van der Waals surface area contributed by atoms with Gasteiger partial charge in [-0.2, -0.15) is 0 Å². The molecule has 2 atom stereocenters. The molecule has 1 N–H and O–H groups in total. The number of ether oxygens (including phenoxy) is 2. The van der Waals surface area contributed by atoms with Crippen LogP contribution in [0.15, 0.2) is 24.3 Å². The maximum atomic E-state index is 11.7. The van der Waals surface area contributed by atoms with Crippen molar-refractivity contribution in [3.8, 4) is 5.75 Å². The van der Waals surface area contributed by atoms with Gasteiger partial charge in [-0.3, -0.25) is 4.79 Å². The highest BCUT2D eigenvalue weighted by Crippen LogP contribution is 2.30. The molecule has 1 heterocycles. The van der Waals surface area contributed by atoms with Gasteiger partial charge in [0.15, 0.2) is 0 Å². The lowest BCUT2D eigenvalue weighted by atomic mass is 9.89. The highest BCUT2D eigenvalue weighted by Gasteiger charge is 2.34. The van der Waals surface area contributed by atoms with Crippen LogP contribution in [0.2, 0.25) is 0 Å². The maximum absolute atomic E-state index is 11.7. The van der Waals surface area contributed by atoms with E-state index in [-0.39, 0.29) is 17.8 Å². The Bertz CT molecular complexity index is 419. The van der Waals surface area contributed by atoms with Gasteiger partial charge in [-0.05, 0) is 24.6 Å². The number of methoxy groups -OCH3 is 1. The second kappa shape index (κ2) is 5.87. The summed E-state index contributed by atoms with van der Waals surface area (Å²) in [6.07, 6.45) is 0. The maximum Gasteiger partial charge on any atom is 0.310 e. The molecule has 1 aromatic carbocycles. The molecule has 0 spiro atoms. The molecular weight excluding hydrogens is 230 g/mol. The van der Waals surface area contributed by atoms with Crippen molar-refractivity contribution in [2.24, 2.45) is 5.92 Å². The van der Waals surface area contributed by atoms with Gasteiger partial charge < -0.3 is 14.8 Å². The number of rotatable bonds is 4. The van der Waals surface area contributed by atoms with Crippen molar-refractivity contribution in [2.75, 3.05) is 26.8 Å². The lowest BCUT2D eigenvalue weighted by Gasteiger charge is -2.17. The minimum Gasteiger partial charge on any atom is -0.494 e. The zero-order chi connectivity index (χ0) is 13.0. The first-order chi connectivity index (χ1) is 8.76. The molecule has 2 rings (SSSR count). The van der Waals surface area contributed by atoms with E-state index in [9.17, 15) is 4.79 Å². The Morgan fingerprint density at radius 2 is 2.28 bits per heavy atom. The second-order valence-corrected chi connectivity index (χ2v) is 4.40. The summed E-state index contributed by atoms with van der Waals surface area (Å²) in [5, 5.41) is 3.25. The molecule has 0 radical (unpaired) electrons. The first kappa shape index (κ1) is 12.9. The molecule has 0 aliphatic carbocycles. The van der Waals surface area contributed by atoms with E-state index < -0.39 is 0 Å². The summed E-state index contributed by atoms with van der Waals surface area (Å²) >= 11 is 0. The molecule has 1 aliphatic heterocycles. The number of hydrogen-bond donors (Lipinski definition) is 1. The lowest BCUT2D eigenvalue weighted by Crippen LogP contribution is -2.22. The summed E-state index contributed by atoms with van der Waals surface area (Å²) in [6.45, 7) is 4.08. The zero-order valence-electron chi connectivity index (χ0n) is 10.8. The standard InChI is InChI=1S/C14H19NO3/c1-3-18-11-6-4-5-10(7-11)12-8-15-9-13(12)14(16)17-2/h4-7,12-13,15H,3,8-9H2,1-2H3/t12-,13+/m0/s1. The van der Waals surface area contributed by atoms with Crippen LogP contribution in [0, 0.1) is 5.92 Å². The summed E-state index contributed by atoms with van der Waals surface area (Å²) in [5.41, 5.74) is 1.13. The second-order valence-electron chi connectivity index (χ2n) is 4.40. The number of nitrogens with one attached hydrogen (secondary N) is 1. The summed E-state index contributed by atoms with van der Waals surface area (Å²) < 4.78 is 10.3. The third-order valence-corrected chi connectivity index (χ3v) is 3.32. The van der Waals surface area contributed by atoms with Crippen molar-refractivity contribution in [3.63, 3.8) is 0 Å². The van der Waals surface area contributed by atoms with Crippen molar-refractivity contribution >= 4 is 5.97 Å². The van der Waals surface area contributed by atoms with Gasteiger partial charge >= 0.3 is 5.97 Å². The van der Waals surface area contributed by atoms with Crippen LogP contribution in [0.1, 0.15) is 18.4 Å². The smallest absolute Gasteiger partial charge is 0.310 e. The zero-order valence-corrected chi connectivity index (χ0v) is 10.8. The van der Waals surface area contributed by atoms with Crippen LogP contribution in [-0.2, 0) is 9.53 Å². The summed E-state index contributed by atoms with van der Waals surface area (Å²) in [7, 11) is 1.44. The quantitative estimate of drug-likeness (QED) is 0.823. The molecule has 4 heteroatoms. The third-order valence-electron chi connectivity index (χ3n) is 3.32. The van der Waals surface area contributed by atoms with Crippen molar-refractivity contribution in [1.82, 2.24) is 5.32 Å². The van der Waals surface area contributed by atoms with Crippen LogP contribution >= 0.6 is 0 Å². The molecule has 0 aromatic heterocycles. The minimum atomic E-state index is -0.146. The number of hydrogen-bond acceptors (Lipinski definition) is 4. The summed E-state index contributed by atoms with van der Waals surface area (Å²) in [4.78, 5) is 11.7. The SMILES string of the molecule is CCOc1cccc([C@@H]2CNC[C@H]2C(=O)OC)c1. The predicted octanol–water partition coefficient (Wildman–Crippen LogP) is 1.56. The molecule has 1 aliphatic rings. The molecule has 0 amide bonds. The highest BCUT2D eigenvalue weighted by atomic mass is 16.5. The van der Waals surface area contributed by atoms with E-state index >= 15 is 0 Å². The van der Waals surface area contributed by atoms with Crippen LogP contribution in [0.4, 0.5) is 0 Å². The number of carbonyl (C=O) groups excluding carboxylic acids is 1. The third kappa shape index (κ3) is 2.64. The fraction of sp³-hybridized carbons (Fsp3) is 0.500. The number of esters is 1. The Hall–Kier alpha value is -1.55. The molecule has 1 saturated heterocycles. The Morgan fingerprint density at radius 1 is 1.44 bits per heavy atom. The highest BCUT2D eigenvalue weighted by molar-refractivity contribution is 5.74. The fourth-order valence-corrected chi connectivity index (χ4v) is 2.43. The average molecular weight is 249 g/mol. The Kier molecular flexibility index (Phi) is 4.20. The van der Waals surface area contributed by atoms with Crippen molar-refractivity contribution in [1.29, 1.82) is 0 Å². The molecule has 1 fully saturated rings. The van der Waals surface area contributed by atoms with Crippen LogP contribution in [0.3, 0.4) is 0 Å². The summed E-state index contributed by atoms with van der Waals surface area (Å²) in [6, 6.07) is 7.95. The van der Waals surface area contributed by atoms with Crippen LogP contribution in [0.25, 0.3) is 0 Å². The van der Waals surface area contributed by atoms with Crippen LogP contribution < -0.4 is 10.1 Å². The van der Waals surface area contributed by atoms with E-state index in [1.165, 1.54) is 7.11 Å². The average Bonchev–Trinajstić information content (AvgIpc) is 2.88. The van der Waals surface area contributed by atoms with Crippen molar-refractivity contribution < 1.29 is 14.3 Å². The largest absolute Gasteiger partial charge is 0.494 e. The van der Waals surface area contributed by atoms with E-state index in [4.69, 9.17) is 9.47 Å². The first-order valence-corrected chi connectivity index (χ1v) is 6.27. The van der Waals surface area contributed by atoms with E-state index in [2.05, 4.69) is 5.32 Å². The van der Waals surface area contributed by atoms with E-state index in [1.807, 2.05) is 31.2 Å². The Morgan fingerprint density at radius 3 is 3.00 bits per heavy atom. The van der Waals surface area contributed by atoms with Gasteiger partial charge in [0.25, 0.3) is 0 Å². The van der Waals surface area contributed by atoms with Crippen LogP contribution in [-0.4, -0.2) is 32.8 Å². The minimum absolute atomic E-state index is 0.105. The molecular formula is C14H19NO3.